The van der Waals surface area contributed by atoms with Crippen LogP contribution in [-0.2, 0) is 9.47 Å². The standard InChI is InChI=1S/C8H15F2NO2.C7H14O.2C2H6/c1-13-5-4-11-3-2-7(12)8(9,10)6-11;1-6(2)8-7-4-3-5-7;2*1-2/h7,12H,2-6H2,1H3;6-7H,3-5H2,1-2H3;2*1-2H3. The van der Waals surface area contributed by atoms with Crippen LogP contribution in [0, 0.1) is 0 Å². The van der Waals surface area contributed by atoms with E-state index in [1.54, 1.807) is 4.90 Å². The van der Waals surface area contributed by atoms with E-state index in [9.17, 15) is 8.78 Å². The fraction of sp³-hybridized carbons (Fsp3) is 1.00. The number of hydrogen-bond donors (Lipinski definition) is 1. The van der Waals surface area contributed by atoms with Crippen LogP contribution in [0.15, 0.2) is 0 Å². The Labute approximate surface area is 153 Å². The van der Waals surface area contributed by atoms with E-state index >= 15 is 0 Å². The van der Waals surface area contributed by atoms with Crippen molar-refractivity contribution in [3.63, 3.8) is 0 Å². The zero-order valence-electron chi connectivity index (χ0n) is 17.4. The molecule has 0 radical (unpaired) electrons. The third-order valence-electron chi connectivity index (χ3n) is 3.77. The maximum absolute atomic E-state index is 12.9. The van der Waals surface area contributed by atoms with Crippen molar-refractivity contribution in [3.8, 4) is 0 Å². The summed E-state index contributed by atoms with van der Waals surface area (Å²) < 4.78 is 36.2. The second-order valence-corrected chi connectivity index (χ2v) is 6.07. The minimum absolute atomic E-state index is 0.136. The van der Waals surface area contributed by atoms with Crippen molar-refractivity contribution in [1.29, 1.82) is 0 Å². The van der Waals surface area contributed by atoms with Crippen molar-refractivity contribution in [2.45, 2.75) is 91.5 Å². The number of halogens is 2. The molecule has 1 aliphatic heterocycles. The highest BCUT2D eigenvalue weighted by molar-refractivity contribution is 4.86. The molecule has 0 spiro atoms. The first-order valence-corrected chi connectivity index (χ1v) is 9.77. The third kappa shape index (κ3) is 12.7. The number of alkyl halides is 2. The lowest BCUT2D eigenvalue weighted by molar-refractivity contribution is -0.151. The molecule has 2 fully saturated rings. The quantitative estimate of drug-likeness (QED) is 0.782. The molecule has 2 rings (SSSR count). The van der Waals surface area contributed by atoms with E-state index in [0.717, 1.165) is 0 Å². The molecule has 4 nitrogen and oxygen atoms in total. The minimum Gasteiger partial charge on any atom is -0.387 e. The van der Waals surface area contributed by atoms with Gasteiger partial charge in [0.25, 0.3) is 5.92 Å². The molecular weight excluding hydrogens is 328 g/mol. The number of nitrogens with zero attached hydrogens (tertiary/aromatic N) is 1. The molecule has 0 aromatic carbocycles. The van der Waals surface area contributed by atoms with Crippen LogP contribution < -0.4 is 0 Å². The van der Waals surface area contributed by atoms with Crippen LogP contribution in [0.2, 0.25) is 0 Å². The van der Waals surface area contributed by atoms with Gasteiger partial charge in [-0.2, -0.15) is 0 Å². The molecule has 0 bridgehead atoms. The van der Waals surface area contributed by atoms with E-state index in [4.69, 9.17) is 14.6 Å². The Hall–Kier alpha value is -0.300. The summed E-state index contributed by atoms with van der Waals surface area (Å²) in [4.78, 5) is 1.61. The van der Waals surface area contributed by atoms with Gasteiger partial charge in [0.15, 0.2) is 0 Å². The van der Waals surface area contributed by atoms with E-state index in [-0.39, 0.29) is 13.0 Å². The molecule has 0 amide bonds. The van der Waals surface area contributed by atoms with Gasteiger partial charge in [0.1, 0.15) is 6.10 Å². The molecule has 1 N–H and O–H groups in total. The number of ether oxygens (including phenoxy) is 2. The molecule has 1 saturated carbocycles. The predicted molar refractivity (Wildman–Crippen MR) is 100 cm³/mol. The van der Waals surface area contributed by atoms with Gasteiger partial charge in [0.2, 0.25) is 0 Å². The first-order valence-electron chi connectivity index (χ1n) is 9.77. The highest BCUT2D eigenvalue weighted by Crippen LogP contribution is 2.26. The van der Waals surface area contributed by atoms with Crippen molar-refractivity contribution in [2.75, 3.05) is 33.4 Å². The molecule has 0 aromatic heterocycles. The summed E-state index contributed by atoms with van der Waals surface area (Å²) in [5.74, 6) is -2.97. The fourth-order valence-electron chi connectivity index (χ4n) is 2.30. The lowest BCUT2D eigenvalue weighted by Gasteiger charge is -2.35. The van der Waals surface area contributed by atoms with Gasteiger partial charge in [-0.15, -0.1) is 0 Å². The predicted octanol–water partition coefficient (Wildman–Crippen LogP) is 4.35. The van der Waals surface area contributed by atoms with Gasteiger partial charge in [-0.1, -0.05) is 27.7 Å². The number of likely N-dealkylation sites (tertiary alicyclic amines) is 1. The molecule has 1 atom stereocenters. The van der Waals surface area contributed by atoms with Crippen molar-refractivity contribution in [2.24, 2.45) is 0 Å². The Morgan fingerprint density at radius 1 is 1.12 bits per heavy atom. The Balaban J connectivity index is 0. The Kier molecular flexibility index (Phi) is 17.1. The number of methoxy groups -OCH3 is 1. The molecule has 25 heavy (non-hydrogen) atoms. The van der Waals surface area contributed by atoms with Crippen molar-refractivity contribution >= 4 is 0 Å². The number of piperidine rings is 1. The summed E-state index contributed by atoms with van der Waals surface area (Å²) in [5, 5.41) is 8.97. The maximum Gasteiger partial charge on any atom is 0.285 e. The normalized spacial score (nSPS) is 22.4. The Morgan fingerprint density at radius 2 is 1.68 bits per heavy atom. The summed E-state index contributed by atoms with van der Waals surface area (Å²) in [6, 6.07) is 0. The van der Waals surface area contributed by atoms with Gasteiger partial charge in [0, 0.05) is 20.2 Å². The fourth-order valence-corrected chi connectivity index (χ4v) is 2.30. The molecule has 154 valence electrons. The van der Waals surface area contributed by atoms with Crippen LogP contribution in [-0.4, -0.2) is 67.6 Å². The summed E-state index contributed by atoms with van der Waals surface area (Å²) in [7, 11) is 1.54. The Morgan fingerprint density at radius 3 is 2.00 bits per heavy atom. The molecule has 1 aliphatic carbocycles. The average molecular weight is 370 g/mol. The number of aliphatic hydroxyl groups excluding tert-OH is 1. The van der Waals surface area contributed by atoms with E-state index < -0.39 is 12.0 Å². The van der Waals surface area contributed by atoms with Gasteiger partial charge in [-0.3, -0.25) is 4.90 Å². The molecule has 6 heteroatoms. The third-order valence-corrected chi connectivity index (χ3v) is 3.77. The SMILES string of the molecule is CC.CC.CC(C)OC1CCC1.COCCN1CCC(O)C(F)(F)C1. The summed E-state index contributed by atoms with van der Waals surface area (Å²) in [6.45, 7) is 13.3. The highest BCUT2D eigenvalue weighted by atomic mass is 19.3. The Bertz CT molecular complexity index is 286. The topological polar surface area (TPSA) is 41.9 Å². The summed E-state index contributed by atoms with van der Waals surface area (Å²) >= 11 is 0. The van der Waals surface area contributed by atoms with Gasteiger partial charge in [-0.25, -0.2) is 8.78 Å². The van der Waals surface area contributed by atoms with Gasteiger partial charge in [-0.05, 0) is 39.5 Å². The molecule has 1 heterocycles. The monoisotopic (exact) mass is 369 g/mol. The first kappa shape index (κ1) is 26.9. The second kappa shape index (κ2) is 15.9. The van der Waals surface area contributed by atoms with E-state index in [2.05, 4.69) is 13.8 Å². The molecule has 1 saturated heterocycles. The van der Waals surface area contributed by atoms with Crippen LogP contribution in [0.3, 0.4) is 0 Å². The largest absolute Gasteiger partial charge is 0.387 e. The second-order valence-electron chi connectivity index (χ2n) is 6.07. The van der Waals surface area contributed by atoms with Crippen molar-refractivity contribution in [1.82, 2.24) is 4.90 Å². The highest BCUT2D eigenvalue weighted by Gasteiger charge is 2.43. The van der Waals surface area contributed by atoms with Crippen molar-refractivity contribution < 1.29 is 23.4 Å². The van der Waals surface area contributed by atoms with E-state index in [0.29, 0.717) is 31.9 Å². The van der Waals surface area contributed by atoms with Crippen LogP contribution in [0.1, 0.15) is 67.2 Å². The first-order chi connectivity index (χ1) is 11.8. The number of rotatable bonds is 5. The van der Waals surface area contributed by atoms with Gasteiger partial charge >= 0.3 is 0 Å². The average Bonchev–Trinajstić information content (AvgIpc) is 2.56. The zero-order valence-corrected chi connectivity index (χ0v) is 17.4. The molecule has 0 aromatic rings. The van der Waals surface area contributed by atoms with Crippen molar-refractivity contribution in [3.05, 3.63) is 0 Å². The van der Waals surface area contributed by atoms with Gasteiger partial charge < -0.3 is 14.6 Å². The van der Waals surface area contributed by atoms with E-state index in [1.807, 2.05) is 27.7 Å². The van der Waals surface area contributed by atoms with Gasteiger partial charge in [0.05, 0.1) is 25.4 Å². The number of aliphatic hydroxyl groups is 1. The van der Waals surface area contributed by atoms with Crippen LogP contribution >= 0.6 is 0 Å². The summed E-state index contributed by atoms with van der Waals surface area (Å²) in [6.07, 6.45) is 3.64. The lowest BCUT2D eigenvalue weighted by Crippen LogP contribution is -2.52. The maximum atomic E-state index is 12.9. The lowest BCUT2D eigenvalue weighted by atomic mass is 9.96. The molecular formula is C19H41F2NO3. The smallest absolute Gasteiger partial charge is 0.285 e. The van der Waals surface area contributed by atoms with Crippen LogP contribution in [0.4, 0.5) is 8.78 Å². The van der Waals surface area contributed by atoms with Crippen LogP contribution in [0.25, 0.3) is 0 Å². The summed E-state index contributed by atoms with van der Waals surface area (Å²) in [5.41, 5.74) is 0. The van der Waals surface area contributed by atoms with E-state index in [1.165, 1.54) is 26.4 Å². The zero-order chi connectivity index (χ0) is 19.9. The molecule has 2 aliphatic rings. The number of hydrogen-bond acceptors (Lipinski definition) is 4. The minimum atomic E-state index is -2.97. The van der Waals surface area contributed by atoms with Crippen LogP contribution in [0.5, 0.6) is 0 Å². The molecule has 1 unspecified atom stereocenters.